The standard InChI is InChI=1S/C28H23N3O5/c1-16-8-9-18(26-30-22-6-2-3-7-24(22)36-26)14-23(16)29-25(32)17-10-11-20-21(13-17)28(34)31(27(20)33)15-19-5-4-12-35-19/h2-3,6-11,13-14,19H,4-5,12,15H2,1H3,(H,29,32). The smallest absolute Gasteiger partial charge is 0.261 e. The number of benzene rings is 3. The molecule has 2 aliphatic rings. The number of aryl methyl sites for hydroxylation is 1. The van der Waals surface area contributed by atoms with Gasteiger partial charge in [0.1, 0.15) is 5.52 Å². The number of nitrogens with zero attached hydrogens (tertiary/aromatic N) is 2. The minimum absolute atomic E-state index is 0.133. The number of ether oxygens (including phenoxy) is 1. The maximum Gasteiger partial charge on any atom is 0.261 e. The van der Waals surface area contributed by atoms with Gasteiger partial charge in [0.15, 0.2) is 5.58 Å². The Labute approximate surface area is 206 Å². The summed E-state index contributed by atoms with van der Waals surface area (Å²) in [4.78, 5) is 44.6. The van der Waals surface area contributed by atoms with Gasteiger partial charge in [0, 0.05) is 23.4 Å². The Bertz CT molecular complexity index is 1500. The van der Waals surface area contributed by atoms with Gasteiger partial charge in [0.25, 0.3) is 17.7 Å². The first-order valence-electron chi connectivity index (χ1n) is 11.9. The minimum Gasteiger partial charge on any atom is -0.436 e. The second-order valence-electron chi connectivity index (χ2n) is 9.09. The topological polar surface area (TPSA) is 102 Å². The van der Waals surface area contributed by atoms with Crippen molar-refractivity contribution in [3.05, 3.63) is 82.9 Å². The van der Waals surface area contributed by atoms with Gasteiger partial charge in [-0.1, -0.05) is 18.2 Å². The maximum absolute atomic E-state index is 13.1. The first-order chi connectivity index (χ1) is 17.5. The summed E-state index contributed by atoms with van der Waals surface area (Å²) in [5.41, 5.74) is 4.47. The molecule has 0 spiro atoms. The quantitative estimate of drug-likeness (QED) is 0.410. The number of hydrogen-bond acceptors (Lipinski definition) is 6. The third kappa shape index (κ3) is 3.85. The first kappa shape index (κ1) is 22.2. The zero-order valence-electron chi connectivity index (χ0n) is 19.6. The van der Waals surface area contributed by atoms with E-state index in [2.05, 4.69) is 10.3 Å². The van der Waals surface area contributed by atoms with Crippen molar-refractivity contribution in [2.75, 3.05) is 18.5 Å². The van der Waals surface area contributed by atoms with Crippen molar-refractivity contribution in [2.24, 2.45) is 0 Å². The number of carbonyl (C=O) groups is 3. The number of anilines is 1. The lowest BCUT2D eigenvalue weighted by molar-refractivity contribution is 0.0475. The van der Waals surface area contributed by atoms with Crippen LogP contribution in [0, 0.1) is 6.92 Å². The largest absolute Gasteiger partial charge is 0.436 e. The van der Waals surface area contributed by atoms with Crippen LogP contribution < -0.4 is 5.32 Å². The normalized spacial score (nSPS) is 17.1. The number of oxazole rings is 1. The third-order valence-corrected chi connectivity index (χ3v) is 6.67. The van der Waals surface area contributed by atoms with Crippen LogP contribution in [-0.4, -0.2) is 46.9 Å². The van der Waals surface area contributed by atoms with Crippen LogP contribution in [-0.2, 0) is 4.74 Å². The number of carbonyl (C=O) groups excluding carboxylic acids is 3. The van der Waals surface area contributed by atoms with E-state index in [0.717, 1.165) is 29.5 Å². The first-order valence-corrected chi connectivity index (χ1v) is 11.9. The molecule has 3 heterocycles. The highest BCUT2D eigenvalue weighted by atomic mass is 16.5. The molecular formula is C28H23N3O5. The highest BCUT2D eigenvalue weighted by Crippen LogP contribution is 2.29. The fourth-order valence-electron chi connectivity index (χ4n) is 4.67. The van der Waals surface area contributed by atoms with Crippen LogP contribution in [0.4, 0.5) is 5.69 Å². The number of imide groups is 1. The maximum atomic E-state index is 13.1. The van der Waals surface area contributed by atoms with Gasteiger partial charge in [0.05, 0.1) is 23.8 Å². The molecule has 6 rings (SSSR count). The molecule has 4 aromatic rings. The minimum atomic E-state index is -0.394. The number of fused-ring (bicyclic) bond motifs is 2. The molecule has 0 aliphatic carbocycles. The number of aromatic nitrogens is 1. The van der Waals surface area contributed by atoms with Gasteiger partial charge in [0.2, 0.25) is 5.89 Å². The lowest BCUT2D eigenvalue weighted by Gasteiger charge is -2.17. The zero-order valence-corrected chi connectivity index (χ0v) is 19.6. The van der Waals surface area contributed by atoms with Crippen molar-refractivity contribution in [3.63, 3.8) is 0 Å². The highest BCUT2D eigenvalue weighted by molar-refractivity contribution is 6.22. The van der Waals surface area contributed by atoms with E-state index in [1.807, 2.05) is 49.4 Å². The fourth-order valence-corrected chi connectivity index (χ4v) is 4.67. The predicted octanol–water partition coefficient (Wildman–Crippen LogP) is 4.83. The lowest BCUT2D eigenvalue weighted by atomic mass is 10.0. The average molecular weight is 482 g/mol. The number of para-hydroxylation sites is 2. The van der Waals surface area contributed by atoms with Crippen molar-refractivity contribution in [1.82, 2.24) is 9.88 Å². The van der Waals surface area contributed by atoms with Crippen molar-refractivity contribution in [1.29, 1.82) is 0 Å². The average Bonchev–Trinajstić information content (AvgIpc) is 3.61. The predicted molar refractivity (Wildman–Crippen MR) is 133 cm³/mol. The zero-order chi connectivity index (χ0) is 24.8. The summed E-state index contributed by atoms with van der Waals surface area (Å²) < 4.78 is 11.4. The molecule has 0 saturated carbocycles. The van der Waals surface area contributed by atoms with Crippen molar-refractivity contribution in [3.8, 4) is 11.5 Å². The molecule has 8 heteroatoms. The molecule has 1 unspecified atom stereocenters. The van der Waals surface area contributed by atoms with E-state index >= 15 is 0 Å². The Hall–Kier alpha value is -4.30. The van der Waals surface area contributed by atoms with Crippen molar-refractivity contribution < 1.29 is 23.5 Å². The Balaban J connectivity index is 1.24. The van der Waals surface area contributed by atoms with Crippen molar-refractivity contribution in [2.45, 2.75) is 25.9 Å². The summed E-state index contributed by atoms with van der Waals surface area (Å²) in [5, 5.41) is 2.92. The van der Waals surface area contributed by atoms with Crippen LogP contribution in [0.5, 0.6) is 0 Å². The molecule has 1 aromatic heterocycles. The molecule has 0 bridgehead atoms. The van der Waals surface area contributed by atoms with E-state index < -0.39 is 5.91 Å². The molecule has 1 N–H and O–H groups in total. The van der Waals surface area contributed by atoms with E-state index in [0.29, 0.717) is 34.9 Å². The van der Waals surface area contributed by atoms with Crippen molar-refractivity contribution >= 4 is 34.5 Å². The Morgan fingerprint density at radius 1 is 1.06 bits per heavy atom. The Morgan fingerprint density at radius 3 is 2.69 bits per heavy atom. The molecule has 0 radical (unpaired) electrons. The molecule has 1 saturated heterocycles. The summed E-state index contributed by atoms with van der Waals surface area (Å²) in [5.74, 6) is -0.665. The molecule has 1 fully saturated rings. The lowest BCUT2D eigenvalue weighted by Crippen LogP contribution is -2.36. The van der Waals surface area contributed by atoms with Gasteiger partial charge in [-0.3, -0.25) is 19.3 Å². The number of amides is 3. The summed E-state index contributed by atoms with van der Waals surface area (Å²) in [6.07, 6.45) is 1.61. The fraction of sp³-hybridized carbons (Fsp3) is 0.214. The number of hydrogen-bond donors (Lipinski definition) is 1. The molecule has 2 aliphatic heterocycles. The van der Waals surface area contributed by atoms with Gasteiger partial charge < -0.3 is 14.5 Å². The monoisotopic (exact) mass is 481 g/mol. The highest BCUT2D eigenvalue weighted by Gasteiger charge is 2.38. The van der Waals surface area contributed by atoms with Crippen LogP contribution in [0.2, 0.25) is 0 Å². The number of rotatable bonds is 5. The molecule has 1 atom stereocenters. The Morgan fingerprint density at radius 2 is 1.89 bits per heavy atom. The van der Waals surface area contributed by atoms with E-state index in [1.54, 1.807) is 12.1 Å². The van der Waals surface area contributed by atoms with E-state index in [-0.39, 0.29) is 30.0 Å². The van der Waals surface area contributed by atoms with Crippen LogP contribution in [0.1, 0.15) is 49.5 Å². The van der Waals surface area contributed by atoms with Crippen LogP contribution in [0.25, 0.3) is 22.6 Å². The van der Waals surface area contributed by atoms with Crippen LogP contribution >= 0.6 is 0 Å². The molecule has 180 valence electrons. The summed E-state index contributed by atoms with van der Waals surface area (Å²) in [7, 11) is 0. The second-order valence-corrected chi connectivity index (χ2v) is 9.09. The second kappa shape index (κ2) is 8.73. The van der Waals surface area contributed by atoms with Gasteiger partial charge in [-0.2, -0.15) is 0 Å². The van der Waals surface area contributed by atoms with Gasteiger partial charge in [-0.25, -0.2) is 4.98 Å². The van der Waals surface area contributed by atoms with E-state index in [4.69, 9.17) is 9.15 Å². The summed E-state index contributed by atoms with van der Waals surface area (Å²) >= 11 is 0. The SMILES string of the molecule is Cc1ccc(-c2nc3ccccc3o2)cc1NC(=O)c1ccc2c(c1)C(=O)N(CC1CCCO1)C2=O. The molecule has 8 nitrogen and oxygen atoms in total. The van der Waals surface area contributed by atoms with Gasteiger partial charge in [-0.05, 0) is 67.8 Å². The van der Waals surface area contributed by atoms with E-state index in [1.165, 1.54) is 11.0 Å². The summed E-state index contributed by atoms with van der Waals surface area (Å²) in [6, 6.07) is 17.7. The molecule has 36 heavy (non-hydrogen) atoms. The molecule has 3 amide bonds. The van der Waals surface area contributed by atoms with Crippen LogP contribution in [0.15, 0.2) is 65.1 Å². The molecular weight excluding hydrogens is 458 g/mol. The number of nitrogens with one attached hydrogen (secondary N) is 1. The van der Waals surface area contributed by atoms with Crippen LogP contribution in [0.3, 0.4) is 0 Å². The van der Waals surface area contributed by atoms with Gasteiger partial charge in [-0.15, -0.1) is 0 Å². The van der Waals surface area contributed by atoms with Gasteiger partial charge >= 0.3 is 0 Å². The third-order valence-electron chi connectivity index (χ3n) is 6.67. The van der Waals surface area contributed by atoms with E-state index in [9.17, 15) is 14.4 Å². The Kier molecular flexibility index (Phi) is 5.38. The summed E-state index contributed by atoms with van der Waals surface area (Å²) in [6.45, 7) is 2.76. The molecule has 3 aromatic carbocycles.